The van der Waals surface area contributed by atoms with Gasteiger partial charge in [-0.25, -0.2) is 8.42 Å². The van der Waals surface area contributed by atoms with Gasteiger partial charge in [0.2, 0.25) is 0 Å². The van der Waals surface area contributed by atoms with E-state index < -0.39 is 30.5 Å². The highest BCUT2D eigenvalue weighted by Crippen LogP contribution is 2.29. The summed E-state index contributed by atoms with van der Waals surface area (Å²) in [4.78, 5) is 23.7. The summed E-state index contributed by atoms with van der Waals surface area (Å²) in [5.41, 5.74) is -0.333. The van der Waals surface area contributed by atoms with Crippen LogP contribution in [0.2, 0.25) is 0 Å². The molecule has 0 spiro atoms. The lowest BCUT2D eigenvalue weighted by Gasteiger charge is -2.17. The van der Waals surface area contributed by atoms with Gasteiger partial charge in [-0.1, -0.05) is 0 Å². The van der Waals surface area contributed by atoms with Gasteiger partial charge >= 0.3 is 0 Å². The molecule has 0 aliphatic carbocycles. The van der Waals surface area contributed by atoms with E-state index in [9.17, 15) is 23.3 Å². The number of benzene rings is 1. The molecule has 0 saturated carbocycles. The molecule has 0 N–H and O–H groups in total. The number of hydrogen-bond donors (Lipinski definition) is 0. The molecule has 0 atom stereocenters. The van der Waals surface area contributed by atoms with E-state index in [1.54, 1.807) is 4.90 Å². The summed E-state index contributed by atoms with van der Waals surface area (Å²) in [6, 6.07) is 1.97. The van der Waals surface area contributed by atoms with Crippen LogP contribution in [-0.4, -0.2) is 37.2 Å². The van der Waals surface area contributed by atoms with E-state index in [1.165, 1.54) is 6.92 Å². The molecule has 0 bridgehead atoms. The summed E-state index contributed by atoms with van der Waals surface area (Å²) < 4.78 is 23.1. The lowest BCUT2D eigenvalue weighted by molar-refractivity contribution is -0.385. The highest BCUT2D eigenvalue weighted by Gasteiger charge is 2.28. The molecule has 9 heteroatoms. The Kier molecular flexibility index (Phi) is 4.20. The third-order valence-corrected chi connectivity index (χ3v) is 4.89. The zero-order valence-corrected chi connectivity index (χ0v) is 12.8. The van der Waals surface area contributed by atoms with E-state index in [-0.39, 0.29) is 11.1 Å². The highest BCUT2D eigenvalue weighted by atomic mass is 35.7. The molecule has 0 unspecified atom stereocenters. The van der Waals surface area contributed by atoms with Crippen LogP contribution in [0.5, 0.6) is 0 Å². The largest absolute Gasteiger partial charge is 0.339 e. The molecule has 0 radical (unpaired) electrons. The van der Waals surface area contributed by atoms with Gasteiger partial charge in [-0.3, -0.25) is 14.9 Å². The van der Waals surface area contributed by atoms with Crippen molar-refractivity contribution >= 4 is 31.3 Å². The number of nitro benzene ring substituents is 1. The van der Waals surface area contributed by atoms with Crippen LogP contribution in [0.25, 0.3) is 0 Å². The maximum Gasteiger partial charge on any atom is 0.271 e. The first kappa shape index (κ1) is 15.7. The average molecular weight is 333 g/mol. The van der Waals surface area contributed by atoms with Gasteiger partial charge in [-0.05, 0) is 25.3 Å². The summed E-state index contributed by atoms with van der Waals surface area (Å²) >= 11 is 0. The molecule has 1 amide bonds. The maximum absolute atomic E-state index is 12.4. The molecule has 1 aliphatic heterocycles. The Bertz CT molecular complexity index is 711. The number of nitro groups is 1. The molecule has 1 aliphatic rings. The molecule has 21 heavy (non-hydrogen) atoms. The quantitative estimate of drug-likeness (QED) is 0.479. The third-order valence-electron chi connectivity index (χ3n) is 3.44. The Labute approximate surface area is 126 Å². The lowest BCUT2D eigenvalue weighted by Crippen LogP contribution is -2.28. The first-order valence-electron chi connectivity index (χ1n) is 6.25. The first-order chi connectivity index (χ1) is 9.71. The number of amides is 1. The van der Waals surface area contributed by atoms with Gasteiger partial charge in [0.1, 0.15) is 0 Å². The van der Waals surface area contributed by atoms with Crippen LogP contribution in [0.4, 0.5) is 5.69 Å². The van der Waals surface area contributed by atoms with Crippen LogP contribution in [0.15, 0.2) is 17.0 Å². The van der Waals surface area contributed by atoms with Crippen molar-refractivity contribution in [3.63, 3.8) is 0 Å². The van der Waals surface area contributed by atoms with Crippen molar-refractivity contribution < 1.29 is 18.1 Å². The Balaban J connectivity index is 2.61. The van der Waals surface area contributed by atoms with Crippen LogP contribution in [0, 0.1) is 17.0 Å². The van der Waals surface area contributed by atoms with Gasteiger partial charge in [-0.15, -0.1) is 0 Å². The van der Waals surface area contributed by atoms with Crippen LogP contribution < -0.4 is 0 Å². The van der Waals surface area contributed by atoms with Gasteiger partial charge in [0.05, 0.1) is 15.4 Å². The smallest absolute Gasteiger partial charge is 0.271 e. The number of likely N-dealkylation sites (tertiary alicyclic amines) is 1. The predicted octanol–water partition coefficient (Wildman–Crippen LogP) is 2.07. The number of non-ortho nitro benzene ring substituents is 1. The van der Waals surface area contributed by atoms with E-state index in [2.05, 4.69) is 0 Å². The summed E-state index contributed by atoms with van der Waals surface area (Å²) in [7, 11) is 1.13. The van der Waals surface area contributed by atoms with Crippen LogP contribution in [0.1, 0.15) is 28.8 Å². The summed E-state index contributed by atoms with van der Waals surface area (Å²) in [6.45, 7) is 2.54. The molecule has 0 aromatic heterocycles. The van der Waals surface area contributed by atoms with Crippen LogP contribution >= 0.6 is 10.7 Å². The van der Waals surface area contributed by atoms with E-state index in [0.717, 1.165) is 25.0 Å². The van der Waals surface area contributed by atoms with E-state index in [4.69, 9.17) is 10.7 Å². The highest BCUT2D eigenvalue weighted by molar-refractivity contribution is 8.13. The number of carbonyl (C=O) groups is 1. The predicted molar refractivity (Wildman–Crippen MR) is 76.0 cm³/mol. The SMILES string of the molecule is Cc1c(C(=O)N2CCCC2)cc([N+](=O)[O-])cc1S(=O)(=O)Cl. The fourth-order valence-electron chi connectivity index (χ4n) is 2.34. The van der Waals surface area contributed by atoms with Gasteiger partial charge in [-0.2, -0.15) is 0 Å². The number of rotatable bonds is 3. The second kappa shape index (κ2) is 5.61. The number of carbonyl (C=O) groups excluding carboxylic acids is 1. The van der Waals surface area contributed by atoms with Gasteiger partial charge < -0.3 is 4.90 Å². The van der Waals surface area contributed by atoms with Crippen LogP contribution in [0.3, 0.4) is 0 Å². The molecule has 114 valence electrons. The number of nitrogens with zero attached hydrogens (tertiary/aromatic N) is 2. The van der Waals surface area contributed by atoms with E-state index >= 15 is 0 Å². The first-order valence-corrected chi connectivity index (χ1v) is 8.55. The van der Waals surface area contributed by atoms with Crippen LogP contribution in [-0.2, 0) is 9.05 Å². The van der Waals surface area contributed by atoms with Gasteiger partial charge in [0.25, 0.3) is 20.6 Å². The average Bonchev–Trinajstić information content (AvgIpc) is 2.90. The fraction of sp³-hybridized carbons (Fsp3) is 0.417. The molecular weight excluding hydrogens is 320 g/mol. The van der Waals surface area contributed by atoms with Crippen molar-refractivity contribution in [3.8, 4) is 0 Å². The number of hydrogen-bond acceptors (Lipinski definition) is 5. The minimum Gasteiger partial charge on any atom is -0.339 e. The minimum atomic E-state index is -4.17. The van der Waals surface area contributed by atoms with Gasteiger partial charge in [0, 0.05) is 35.9 Å². The lowest BCUT2D eigenvalue weighted by atomic mass is 10.1. The summed E-state index contributed by atoms with van der Waals surface area (Å²) in [5, 5.41) is 10.9. The second-order valence-corrected chi connectivity index (χ2v) is 7.35. The molecule has 1 aromatic carbocycles. The van der Waals surface area contributed by atoms with Crippen molar-refractivity contribution in [1.29, 1.82) is 0 Å². The second-order valence-electron chi connectivity index (χ2n) is 4.81. The Morgan fingerprint density at radius 1 is 1.33 bits per heavy atom. The zero-order valence-electron chi connectivity index (χ0n) is 11.2. The standard InChI is InChI=1S/C12H13ClN2O5S/c1-8-10(12(16)14-4-2-3-5-14)6-9(15(17)18)7-11(8)21(13,19)20/h6-7H,2-5H2,1H3. The minimum absolute atomic E-state index is 0.00493. The molecule has 1 saturated heterocycles. The third kappa shape index (κ3) is 3.16. The van der Waals surface area contributed by atoms with Crippen molar-refractivity contribution in [1.82, 2.24) is 4.90 Å². The zero-order chi connectivity index (χ0) is 15.8. The molecular formula is C12H13ClN2O5S. The Hall–Kier alpha value is -1.67. The topological polar surface area (TPSA) is 97.6 Å². The van der Waals surface area contributed by atoms with Crippen molar-refractivity contribution in [2.45, 2.75) is 24.7 Å². The van der Waals surface area contributed by atoms with E-state index in [0.29, 0.717) is 13.1 Å². The Morgan fingerprint density at radius 2 is 1.90 bits per heavy atom. The van der Waals surface area contributed by atoms with Crippen molar-refractivity contribution in [2.24, 2.45) is 0 Å². The normalized spacial score (nSPS) is 15.2. The fourth-order valence-corrected chi connectivity index (χ4v) is 3.56. The molecule has 1 aromatic rings. The summed E-state index contributed by atoms with van der Waals surface area (Å²) in [6.07, 6.45) is 1.72. The molecule has 1 fully saturated rings. The molecule has 1 heterocycles. The van der Waals surface area contributed by atoms with Gasteiger partial charge in [0.15, 0.2) is 0 Å². The molecule has 2 rings (SSSR count). The number of halogens is 1. The Morgan fingerprint density at radius 3 is 2.38 bits per heavy atom. The summed E-state index contributed by atoms with van der Waals surface area (Å²) in [5.74, 6) is -0.407. The van der Waals surface area contributed by atoms with Crippen molar-refractivity contribution in [3.05, 3.63) is 33.4 Å². The van der Waals surface area contributed by atoms with E-state index in [1.807, 2.05) is 0 Å². The maximum atomic E-state index is 12.4. The van der Waals surface area contributed by atoms with Crippen molar-refractivity contribution in [2.75, 3.05) is 13.1 Å². The monoisotopic (exact) mass is 332 g/mol. The molecule has 7 nitrogen and oxygen atoms in total.